The van der Waals surface area contributed by atoms with Crippen molar-refractivity contribution in [3.05, 3.63) is 70.8 Å². The lowest BCUT2D eigenvalue weighted by Crippen LogP contribution is -2.58. The number of aliphatic hydroxyl groups is 2. The van der Waals surface area contributed by atoms with Gasteiger partial charge in [0.1, 0.15) is 24.4 Å². The predicted octanol–water partition coefficient (Wildman–Crippen LogP) is 3.06. The highest BCUT2D eigenvalue weighted by molar-refractivity contribution is 5.25. The van der Waals surface area contributed by atoms with Crippen molar-refractivity contribution < 1.29 is 29.2 Å². The van der Waals surface area contributed by atoms with E-state index in [-0.39, 0.29) is 0 Å². The molecule has 4 rings (SSSR count). The fraction of sp³-hybridized carbons (Fsp3) is 0.500. The van der Waals surface area contributed by atoms with Crippen LogP contribution in [0.2, 0.25) is 0 Å². The molecular weight excluding hydrogens is 384 g/mol. The second kappa shape index (κ2) is 9.56. The Morgan fingerprint density at radius 3 is 1.93 bits per heavy atom. The smallest absolute Gasteiger partial charge is 0.184 e. The van der Waals surface area contributed by atoms with E-state index in [1.165, 1.54) is 11.1 Å². The summed E-state index contributed by atoms with van der Waals surface area (Å²) < 4.78 is 24.3. The Morgan fingerprint density at radius 2 is 1.40 bits per heavy atom. The molecule has 162 valence electrons. The molecule has 2 aliphatic heterocycles. The van der Waals surface area contributed by atoms with Crippen molar-refractivity contribution in [3.8, 4) is 0 Å². The first kappa shape index (κ1) is 21.4. The van der Waals surface area contributed by atoms with Crippen molar-refractivity contribution in [2.45, 2.75) is 63.7 Å². The molecule has 6 nitrogen and oxygen atoms in total. The molecule has 2 aromatic rings. The van der Waals surface area contributed by atoms with Crippen molar-refractivity contribution in [1.82, 2.24) is 0 Å². The molecule has 2 aliphatic rings. The first-order chi connectivity index (χ1) is 14.6. The molecule has 6 atom stereocenters. The van der Waals surface area contributed by atoms with Gasteiger partial charge in [-0.2, -0.15) is 0 Å². The van der Waals surface area contributed by atoms with Crippen LogP contribution in [0.5, 0.6) is 0 Å². The molecule has 6 heteroatoms. The molecular formula is C24H30O6. The summed E-state index contributed by atoms with van der Waals surface area (Å²) in [5.41, 5.74) is 4.22. The minimum atomic E-state index is -1.08. The molecule has 0 saturated carbocycles. The Bertz CT molecular complexity index is 803. The number of hydrogen-bond acceptors (Lipinski definition) is 6. The van der Waals surface area contributed by atoms with Crippen LogP contribution in [0.1, 0.15) is 48.7 Å². The summed E-state index contributed by atoms with van der Waals surface area (Å²) in [7, 11) is 0. The van der Waals surface area contributed by atoms with Crippen LogP contribution in [0.25, 0.3) is 0 Å². The fourth-order valence-corrected chi connectivity index (χ4v) is 3.93. The normalized spacial score (nSPS) is 29.9. The summed E-state index contributed by atoms with van der Waals surface area (Å²) in [4.78, 5) is 0. The van der Waals surface area contributed by atoms with Gasteiger partial charge in [0.15, 0.2) is 12.6 Å². The molecule has 0 radical (unpaired) electrons. The number of hydrogen-bond donors (Lipinski definition) is 2. The standard InChI is InChI=1S/C24H30O6/c1-3-15-5-9-17(10-6-15)23-27-14-20-22(30-23)21(19(26)13-25)29-24(28-20)18-11-7-16(4-2)8-12-18/h5-12,19-26H,3-4,13-14H2,1-2H3/t19-,20+,21-,22+,23?,24?/m1/s1. The molecule has 2 heterocycles. The zero-order valence-electron chi connectivity index (χ0n) is 17.4. The van der Waals surface area contributed by atoms with Gasteiger partial charge in [-0.05, 0) is 24.0 Å². The number of rotatable bonds is 6. The number of aryl methyl sites for hydroxylation is 2. The number of aliphatic hydroxyl groups excluding tert-OH is 2. The third kappa shape index (κ3) is 4.44. The highest BCUT2D eigenvalue weighted by Crippen LogP contribution is 2.39. The van der Waals surface area contributed by atoms with Gasteiger partial charge in [-0.3, -0.25) is 0 Å². The zero-order valence-corrected chi connectivity index (χ0v) is 17.4. The molecule has 0 aliphatic carbocycles. The van der Waals surface area contributed by atoms with Crippen LogP contribution >= 0.6 is 0 Å². The van der Waals surface area contributed by atoms with E-state index in [0.29, 0.717) is 6.61 Å². The van der Waals surface area contributed by atoms with Gasteiger partial charge in [0.2, 0.25) is 0 Å². The van der Waals surface area contributed by atoms with E-state index >= 15 is 0 Å². The summed E-state index contributed by atoms with van der Waals surface area (Å²) in [6, 6.07) is 16.1. The highest BCUT2D eigenvalue weighted by Gasteiger charge is 2.48. The lowest BCUT2D eigenvalue weighted by atomic mass is 9.99. The van der Waals surface area contributed by atoms with Crippen LogP contribution in [-0.4, -0.2) is 47.8 Å². The summed E-state index contributed by atoms with van der Waals surface area (Å²) >= 11 is 0. The number of ether oxygens (including phenoxy) is 4. The average Bonchev–Trinajstić information content (AvgIpc) is 2.82. The van der Waals surface area contributed by atoms with E-state index in [2.05, 4.69) is 26.0 Å². The monoisotopic (exact) mass is 414 g/mol. The maximum atomic E-state index is 10.4. The Labute approximate surface area is 177 Å². The minimum Gasteiger partial charge on any atom is -0.394 e. The Morgan fingerprint density at radius 1 is 0.833 bits per heavy atom. The SMILES string of the molecule is CCc1ccc(C2OC[C@@H]3OC(c4ccc(CC)cc4)O[C@H]([C@H](O)CO)[C@H]3O2)cc1. The molecule has 2 unspecified atom stereocenters. The van der Waals surface area contributed by atoms with Gasteiger partial charge >= 0.3 is 0 Å². The van der Waals surface area contributed by atoms with Crippen molar-refractivity contribution >= 4 is 0 Å². The lowest BCUT2D eigenvalue weighted by molar-refractivity contribution is -0.373. The molecule has 2 fully saturated rings. The van der Waals surface area contributed by atoms with Gasteiger partial charge < -0.3 is 29.2 Å². The lowest BCUT2D eigenvalue weighted by Gasteiger charge is -2.47. The quantitative estimate of drug-likeness (QED) is 0.757. The van der Waals surface area contributed by atoms with Gasteiger partial charge in [0.25, 0.3) is 0 Å². The molecule has 0 bridgehead atoms. The van der Waals surface area contributed by atoms with Gasteiger partial charge in [-0.15, -0.1) is 0 Å². The second-order valence-corrected chi connectivity index (χ2v) is 7.81. The van der Waals surface area contributed by atoms with Crippen molar-refractivity contribution in [2.24, 2.45) is 0 Å². The first-order valence-corrected chi connectivity index (χ1v) is 10.7. The van der Waals surface area contributed by atoms with Crippen LogP contribution in [0.3, 0.4) is 0 Å². The van der Waals surface area contributed by atoms with E-state index in [0.717, 1.165) is 24.0 Å². The molecule has 2 saturated heterocycles. The molecule has 0 aromatic heterocycles. The highest BCUT2D eigenvalue weighted by atomic mass is 16.8. The molecule has 2 aromatic carbocycles. The topological polar surface area (TPSA) is 77.4 Å². The van der Waals surface area contributed by atoms with Crippen molar-refractivity contribution in [2.75, 3.05) is 13.2 Å². The fourth-order valence-electron chi connectivity index (χ4n) is 3.93. The van der Waals surface area contributed by atoms with E-state index in [1.54, 1.807) is 0 Å². The summed E-state index contributed by atoms with van der Waals surface area (Å²) in [5.74, 6) is 0. The Kier molecular flexibility index (Phi) is 6.83. The second-order valence-electron chi connectivity index (χ2n) is 7.81. The van der Waals surface area contributed by atoms with Gasteiger partial charge in [0.05, 0.1) is 13.2 Å². The summed E-state index contributed by atoms with van der Waals surface area (Å²) in [5, 5.41) is 20.0. The maximum Gasteiger partial charge on any atom is 0.184 e. The van der Waals surface area contributed by atoms with Gasteiger partial charge in [-0.25, -0.2) is 0 Å². The summed E-state index contributed by atoms with van der Waals surface area (Å²) in [6.07, 6.45) is -2.09. The molecule has 0 amide bonds. The minimum absolute atomic E-state index is 0.312. The van der Waals surface area contributed by atoms with Crippen LogP contribution in [-0.2, 0) is 31.8 Å². The predicted molar refractivity (Wildman–Crippen MR) is 111 cm³/mol. The third-order valence-electron chi connectivity index (χ3n) is 5.85. The summed E-state index contributed by atoms with van der Waals surface area (Å²) in [6.45, 7) is 4.10. The van der Waals surface area contributed by atoms with Crippen LogP contribution in [0.4, 0.5) is 0 Å². The van der Waals surface area contributed by atoms with Gasteiger partial charge in [-0.1, -0.05) is 62.4 Å². The van der Waals surface area contributed by atoms with Crippen molar-refractivity contribution in [1.29, 1.82) is 0 Å². The van der Waals surface area contributed by atoms with E-state index in [1.807, 2.05) is 36.4 Å². The number of benzene rings is 2. The zero-order chi connectivity index (χ0) is 21.1. The third-order valence-corrected chi connectivity index (χ3v) is 5.85. The first-order valence-electron chi connectivity index (χ1n) is 10.7. The van der Waals surface area contributed by atoms with Crippen LogP contribution in [0, 0.1) is 0 Å². The molecule has 30 heavy (non-hydrogen) atoms. The number of fused-ring (bicyclic) bond motifs is 1. The Hall–Kier alpha value is -1.80. The van der Waals surface area contributed by atoms with Crippen LogP contribution < -0.4 is 0 Å². The van der Waals surface area contributed by atoms with Crippen molar-refractivity contribution in [3.63, 3.8) is 0 Å². The van der Waals surface area contributed by atoms with Gasteiger partial charge in [0, 0.05) is 11.1 Å². The Balaban J connectivity index is 1.52. The van der Waals surface area contributed by atoms with E-state index < -0.39 is 43.6 Å². The van der Waals surface area contributed by atoms with E-state index in [4.69, 9.17) is 18.9 Å². The van der Waals surface area contributed by atoms with E-state index in [9.17, 15) is 10.2 Å². The molecule has 2 N–H and O–H groups in total. The molecule has 0 spiro atoms. The largest absolute Gasteiger partial charge is 0.394 e. The average molecular weight is 414 g/mol. The van der Waals surface area contributed by atoms with Crippen LogP contribution in [0.15, 0.2) is 48.5 Å². The maximum absolute atomic E-state index is 10.4.